The molecular formula is C72H32Cl8F8N8O8. The van der Waals surface area contributed by atoms with E-state index in [4.69, 9.17) is 92.8 Å². The topological polar surface area (TPSA) is 262 Å². The SMILES string of the molecule is O=C1N=C(c2cc(Cl)ccc2F)c2c(O)[nH]c(-c3cc(Cl)ccc3F)c21.O=C1N=C(c2ccc(F)c(Cl)c2)c2c(O)[nH]c(-c3ccc(F)c(Cl)c3)c21.O=C1N=C(c2ccc(F)cc2Cl)c2c(O)[nH]c(-c3ccc(F)cc3Cl)c21.O=C1N=C(c2cccc(Cl)c2F)c2c(O)[nH]c(-c3cccc(Cl)c3F)c21. The maximum absolute atomic E-state index is 14.4. The van der Waals surface area contributed by atoms with Gasteiger partial charge in [0.1, 0.15) is 34.9 Å². The molecule has 4 aliphatic rings. The van der Waals surface area contributed by atoms with Crippen molar-refractivity contribution in [2.24, 2.45) is 20.0 Å². The van der Waals surface area contributed by atoms with Crippen molar-refractivity contribution in [2.75, 3.05) is 0 Å². The Morgan fingerprint density at radius 3 is 1.12 bits per heavy atom. The summed E-state index contributed by atoms with van der Waals surface area (Å²) in [5, 5.41) is 41.3. The smallest absolute Gasteiger partial charge is 0.280 e. The van der Waals surface area contributed by atoms with Crippen molar-refractivity contribution in [1.82, 2.24) is 19.9 Å². The first-order valence-electron chi connectivity index (χ1n) is 29.4. The summed E-state index contributed by atoms with van der Waals surface area (Å²) in [6.45, 7) is 0. The van der Waals surface area contributed by atoms with Crippen molar-refractivity contribution in [3.8, 4) is 68.5 Å². The molecule has 16 nitrogen and oxygen atoms in total. The van der Waals surface area contributed by atoms with Crippen LogP contribution in [0.1, 0.15) is 85.9 Å². The Labute approximate surface area is 617 Å². The lowest BCUT2D eigenvalue weighted by Crippen LogP contribution is -2.03. The first-order valence-corrected chi connectivity index (χ1v) is 32.5. The van der Waals surface area contributed by atoms with Gasteiger partial charge in [-0.05, 0) is 133 Å². The van der Waals surface area contributed by atoms with Gasteiger partial charge in [-0.25, -0.2) is 55.1 Å². The number of hydrogen-bond donors (Lipinski definition) is 8. The van der Waals surface area contributed by atoms with Crippen LogP contribution in [0.3, 0.4) is 0 Å². The fourth-order valence-corrected chi connectivity index (χ4v) is 13.2. The van der Waals surface area contributed by atoms with Crippen LogP contribution in [0.4, 0.5) is 35.1 Å². The van der Waals surface area contributed by atoms with E-state index < -0.39 is 81.9 Å². The molecule has 104 heavy (non-hydrogen) atoms. The number of fused-ring (bicyclic) bond motifs is 4. The normalized spacial score (nSPS) is 13.1. The molecule has 4 aliphatic heterocycles. The van der Waals surface area contributed by atoms with Gasteiger partial charge in [-0.3, -0.25) is 19.2 Å². The van der Waals surface area contributed by atoms with Gasteiger partial charge in [0, 0.05) is 54.6 Å². The van der Waals surface area contributed by atoms with Crippen LogP contribution in [-0.2, 0) is 0 Å². The zero-order valence-electron chi connectivity index (χ0n) is 51.1. The molecule has 0 fully saturated rings. The summed E-state index contributed by atoms with van der Waals surface area (Å²) in [7, 11) is 0. The molecule has 4 aromatic heterocycles. The second kappa shape index (κ2) is 28.1. The fraction of sp³-hybridized carbons (Fsp3) is 0. The van der Waals surface area contributed by atoms with Crippen LogP contribution in [0.25, 0.3) is 45.0 Å². The van der Waals surface area contributed by atoms with Gasteiger partial charge >= 0.3 is 0 Å². The summed E-state index contributed by atoms with van der Waals surface area (Å²) in [4.78, 5) is 75.8. The molecule has 0 aliphatic carbocycles. The average molecular weight is 1570 g/mol. The van der Waals surface area contributed by atoms with Crippen LogP contribution >= 0.6 is 92.8 Å². The molecule has 520 valence electrons. The first kappa shape index (κ1) is 71.6. The highest BCUT2D eigenvalue weighted by atomic mass is 35.5. The molecule has 32 heteroatoms. The lowest BCUT2D eigenvalue weighted by atomic mass is 9.99. The van der Waals surface area contributed by atoms with Crippen LogP contribution in [0.15, 0.2) is 166 Å². The molecule has 0 bridgehead atoms. The third kappa shape index (κ3) is 13.0. The number of nitrogens with one attached hydrogen (secondary N) is 4. The molecule has 12 aromatic rings. The number of aromatic nitrogens is 4. The minimum atomic E-state index is -0.773. The maximum atomic E-state index is 14.4. The largest absolute Gasteiger partial charge is 0.494 e. The number of amides is 4. The van der Waals surface area contributed by atoms with Crippen molar-refractivity contribution in [3.05, 3.63) is 299 Å². The highest BCUT2D eigenvalue weighted by Crippen LogP contribution is 2.46. The van der Waals surface area contributed by atoms with Crippen LogP contribution in [0, 0.1) is 46.5 Å². The van der Waals surface area contributed by atoms with Gasteiger partial charge < -0.3 is 40.4 Å². The third-order valence-corrected chi connectivity index (χ3v) is 18.4. The van der Waals surface area contributed by atoms with Gasteiger partial charge in [0.15, 0.2) is 35.2 Å². The lowest BCUT2D eigenvalue weighted by Gasteiger charge is -2.04. The molecule has 8 heterocycles. The molecule has 0 atom stereocenters. The van der Waals surface area contributed by atoms with E-state index in [1.807, 2.05) is 0 Å². The number of H-pyrrole nitrogens is 4. The number of halogens is 16. The van der Waals surface area contributed by atoms with E-state index in [2.05, 4.69) is 39.9 Å². The van der Waals surface area contributed by atoms with Crippen molar-refractivity contribution in [1.29, 1.82) is 0 Å². The fourth-order valence-electron chi connectivity index (χ4n) is 11.6. The van der Waals surface area contributed by atoms with Crippen LogP contribution < -0.4 is 0 Å². The van der Waals surface area contributed by atoms with Crippen molar-refractivity contribution in [3.63, 3.8) is 0 Å². The molecule has 16 rings (SSSR count). The molecular weight excluding hydrogens is 1540 g/mol. The number of hydrogen-bond acceptors (Lipinski definition) is 8. The highest BCUT2D eigenvalue weighted by Gasteiger charge is 2.40. The molecule has 0 unspecified atom stereocenters. The van der Waals surface area contributed by atoms with Crippen LogP contribution in [0.5, 0.6) is 23.5 Å². The van der Waals surface area contributed by atoms with Crippen LogP contribution in [0.2, 0.25) is 40.2 Å². The van der Waals surface area contributed by atoms with E-state index in [-0.39, 0.29) is 164 Å². The Hall–Kier alpha value is -10.8. The quantitative estimate of drug-likeness (QED) is 0.0677. The summed E-state index contributed by atoms with van der Waals surface area (Å²) in [6, 6.07) is 31.2. The van der Waals surface area contributed by atoms with E-state index in [0.29, 0.717) is 22.3 Å². The van der Waals surface area contributed by atoms with Crippen molar-refractivity contribution >= 4 is 139 Å². The summed E-state index contributed by atoms with van der Waals surface area (Å²) in [5.74, 6) is -9.29. The molecule has 0 spiro atoms. The van der Waals surface area contributed by atoms with Crippen molar-refractivity contribution < 1.29 is 74.7 Å². The number of aromatic amines is 4. The number of rotatable bonds is 8. The highest BCUT2D eigenvalue weighted by molar-refractivity contribution is 6.40. The number of aliphatic imine (C=N–C) groups is 4. The van der Waals surface area contributed by atoms with E-state index in [1.54, 1.807) is 0 Å². The van der Waals surface area contributed by atoms with E-state index in [9.17, 15) is 74.7 Å². The summed E-state index contributed by atoms with van der Waals surface area (Å²) in [6.07, 6.45) is 0. The standard InChI is InChI=1S/4C18H8Cl2F2N2O2/c19-7-1-3-11(21)9(5-7)15-13-14(18(26)23-15)16(24-17(13)25)10-6-8(20)2-4-12(10)22;19-9-5-7(1-3-11(9)21)15-13-14(18(26)23-15)16(24-17(13)25)8-2-4-12(22)10(20)6-8;19-11-5-7(21)1-3-9(11)15-13-14(18(26)23-15)16(24-17(13)25)10-4-2-8(22)6-12(10)20;19-9-5-1-3-7(13(9)21)15-11-12(18(26)23-15)16(24-17(11)25)8-4-2-6-10(20)14(8)22/h4*1-6,23,26H. The van der Waals surface area contributed by atoms with Gasteiger partial charge in [0.2, 0.25) is 0 Å². The second-order valence-corrected chi connectivity index (χ2v) is 25.7. The minimum Gasteiger partial charge on any atom is -0.494 e. The van der Waals surface area contributed by atoms with Gasteiger partial charge in [-0.2, -0.15) is 0 Å². The number of nitrogens with zero attached hydrogens (tertiary/aromatic N) is 4. The zero-order valence-corrected chi connectivity index (χ0v) is 57.2. The summed E-state index contributed by atoms with van der Waals surface area (Å²) < 4.78 is 111. The van der Waals surface area contributed by atoms with E-state index in [1.165, 1.54) is 109 Å². The molecule has 0 saturated heterocycles. The van der Waals surface area contributed by atoms with Gasteiger partial charge in [0.05, 0.1) is 120 Å². The Morgan fingerprint density at radius 1 is 0.279 bits per heavy atom. The lowest BCUT2D eigenvalue weighted by molar-refractivity contribution is 0.0998. The van der Waals surface area contributed by atoms with Crippen LogP contribution in [-0.4, -0.2) is 86.8 Å². The predicted molar refractivity (Wildman–Crippen MR) is 377 cm³/mol. The Bertz CT molecular complexity index is 5830. The molecule has 8 aromatic carbocycles. The molecule has 0 saturated carbocycles. The molecule has 8 N–H and O–H groups in total. The third-order valence-electron chi connectivity index (χ3n) is 16.2. The van der Waals surface area contributed by atoms with E-state index in [0.717, 1.165) is 36.4 Å². The maximum Gasteiger partial charge on any atom is 0.280 e. The van der Waals surface area contributed by atoms with E-state index >= 15 is 0 Å². The Morgan fingerprint density at radius 2 is 0.635 bits per heavy atom. The Balaban J connectivity index is 0.000000123. The minimum absolute atomic E-state index is 0.00876. The first-order chi connectivity index (χ1) is 49.5. The number of aromatic hydroxyl groups is 4. The van der Waals surface area contributed by atoms with Gasteiger partial charge in [-0.1, -0.05) is 105 Å². The zero-order chi connectivity index (χ0) is 74.3. The average Bonchev–Trinajstić information content (AvgIpc) is 1.61. The molecule has 0 radical (unpaired) electrons. The number of carbonyl (C=O) groups excluding carboxylic acids is 4. The second-order valence-electron chi connectivity index (χ2n) is 22.4. The van der Waals surface area contributed by atoms with Gasteiger partial charge in [0.25, 0.3) is 23.6 Å². The Kier molecular flexibility index (Phi) is 19.3. The monoisotopic (exact) mass is 1570 g/mol. The van der Waals surface area contributed by atoms with Crippen molar-refractivity contribution in [2.45, 2.75) is 0 Å². The number of benzene rings is 8. The van der Waals surface area contributed by atoms with Gasteiger partial charge in [-0.15, -0.1) is 0 Å². The summed E-state index contributed by atoms with van der Waals surface area (Å²) >= 11 is 47.1. The predicted octanol–water partition coefficient (Wildman–Crippen LogP) is 19.9. The summed E-state index contributed by atoms with van der Waals surface area (Å²) in [5.41, 5.74) is 2.35. The molecule has 4 amide bonds. The number of carbonyl (C=O) groups is 4.